The quantitative estimate of drug-likeness (QED) is 0.611. The first-order chi connectivity index (χ1) is 5.79. The first kappa shape index (κ1) is 10.0. The molecule has 1 aliphatic rings. The van der Waals surface area contributed by atoms with Crippen molar-refractivity contribution in [3.63, 3.8) is 0 Å². The van der Waals surface area contributed by atoms with Gasteiger partial charge in [-0.15, -0.1) is 0 Å². The largest absolute Gasteiger partial charge is 0.313 e. The van der Waals surface area contributed by atoms with Gasteiger partial charge < -0.3 is 10.6 Å². The van der Waals surface area contributed by atoms with Crippen LogP contribution in [-0.2, 0) is 0 Å². The molecule has 1 saturated carbocycles. The average molecular weight is 170 g/mol. The van der Waals surface area contributed by atoms with E-state index >= 15 is 0 Å². The van der Waals surface area contributed by atoms with Crippen molar-refractivity contribution in [1.29, 1.82) is 0 Å². The van der Waals surface area contributed by atoms with Gasteiger partial charge in [-0.3, -0.25) is 0 Å². The molecule has 1 fully saturated rings. The Hall–Kier alpha value is -0.0800. The molecule has 0 unspecified atom stereocenters. The Bertz CT molecular complexity index is 106. The first-order valence-electron chi connectivity index (χ1n) is 5.26. The lowest BCUT2D eigenvalue weighted by Gasteiger charge is -2.13. The third kappa shape index (κ3) is 4.07. The highest BCUT2D eigenvalue weighted by atomic mass is 15.0. The molecule has 1 rings (SSSR count). The van der Waals surface area contributed by atoms with Crippen LogP contribution >= 0.6 is 0 Å². The highest BCUT2D eigenvalue weighted by Crippen LogP contribution is 2.16. The molecule has 72 valence electrons. The average Bonchev–Trinajstić information content (AvgIpc) is 2.49. The minimum atomic E-state index is 0.621. The molecule has 2 nitrogen and oxygen atoms in total. The van der Waals surface area contributed by atoms with Crippen molar-refractivity contribution >= 4 is 0 Å². The second kappa shape index (κ2) is 5.55. The van der Waals surface area contributed by atoms with Crippen LogP contribution in [0.2, 0.25) is 0 Å². The van der Waals surface area contributed by atoms with E-state index in [9.17, 15) is 0 Å². The molecule has 1 aliphatic carbocycles. The number of hydrogen-bond acceptors (Lipinski definition) is 2. The lowest BCUT2D eigenvalue weighted by Crippen LogP contribution is -2.35. The van der Waals surface area contributed by atoms with Gasteiger partial charge in [-0.05, 0) is 12.8 Å². The van der Waals surface area contributed by atoms with Crippen LogP contribution in [0.15, 0.2) is 0 Å². The molecule has 0 spiro atoms. The van der Waals surface area contributed by atoms with Gasteiger partial charge in [0.05, 0.1) is 0 Å². The van der Waals surface area contributed by atoms with Crippen molar-refractivity contribution in [2.24, 2.45) is 0 Å². The number of hydrogen-bond donors (Lipinski definition) is 2. The molecule has 0 aromatic rings. The second-order valence-electron chi connectivity index (χ2n) is 4.04. The van der Waals surface area contributed by atoms with Gasteiger partial charge in [0.15, 0.2) is 0 Å². The summed E-state index contributed by atoms with van der Waals surface area (Å²) in [7, 11) is 0. The fourth-order valence-corrected chi connectivity index (χ4v) is 1.77. The van der Waals surface area contributed by atoms with E-state index in [-0.39, 0.29) is 0 Å². The fourth-order valence-electron chi connectivity index (χ4n) is 1.77. The molecule has 0 heterocycles. The van der Waals surface area contributed by atoms with Gasteiger partial charge in [0.25, 0.3) is 0 Å². The van der Waals surface area contributed by atoms with Crippen LogP contribution in [0.4, 0.5) is 0 Å². The topological polar surface area (TPSA) is 24.1 Å². The van der Waals surface area contributed by atoms with Gasteiger partial charge in [-0.1, -0.05) is 26.7 Å². The summed E-state index contributed by atoms with van der Waals surface area (Å²) < 4.78 is 0. The molecule has 0 aromatic heterocycles. The van der Waals surface area contributed by atoms with Gasteiger partial charge in [-0.25, -0.2) is 0 Å². The van der Waals surface area contributed by atoms with E-state index in [1.165, 1.54) is 25.7 Å². The molecule has 0 bridgehead atoms. The molecular formula is C10H22N2. The zero-order chi connectivity index (χ0) is 8.81. The van der Waals surface area contributed by atoms with E-state index in [0.717, 1.165) is 19.1 Å². The highest BCUT2D eigenvalue weighted by molar-refractivity contribution is 4.73. The van der Waals surface area contributed by atoms with Crippen LogP contribution in [0.25, 0.3) is 0 Å². The summed E-state index contributed by atoms with van der Waals surface area (Å²) in [5.41, 5.74) is 0. The van der Waals surface area contributed by atoms with Gasteiger partial charge in [0.2, 0.25) is 0 Å². The van der Waals surface area contributed by atoms with Gasteiger partial charge >= 0.3 is 0 Å². The van der Waals surface area contributed by atoms with Crippen LogP contribution in [0.5, 0.6) is 0 Å². The van der Waals surface area contributed by atoms with Gasteiger partial charge in [0.1, 0.15) is 0 Å². The normalized spacial score (nSPS) is 19.2. The minimum absolute atomic E-state index is 0.621. The van der Waals surface area contributed by atoms with E-state index in [2.05, 4.69) is 24.5 Å². The fraction of sp³-hybridized carbons (Fsp3) is 1.00. The third-order valence-electron chi connectivity index (χ3n) is 2.47. The maximum absolute atomic E-state index is 3.57. The summed E-state index contributed by atoms with van der Waals surface area (Å²) in [6.07, 6.45) is 5.63. The first-order valence-corrected chi connectivity index (χ1v) is 5.26. The molecule has 0 aliphatic heterocycles. The Balaban J connectivity index is 1.88. The van der Waals surface area contributed by atoms with Crippen molar-refractivity contribution in [2.45, 2.75) is 51.6 Å². The summed E-state index contributed by atoms with van der Waals surface area (Å²) in [5, 5.41) is 6.98. The molecule has 0 atom stereocenters. The summed E-state index contributed by atoms with van der Waals surface area (Å²) in [5.74, 6) is 0. The second-order valence-corrected chi connectivity index (χ2v) is 4.04. The Kier molecular flexibility index (Phi) is 4.62. The smallest absolute Gasteiger partial charge is 0.00794 e. The van der Waals surface area contributed by atoms with Crippen molar-refractivity contribution in [3.8, 4) is 0 Å². The number of nitrogens with one attached hydrogen (secondary N) is 2. The summed E-state index contributed by atoms with van der Waals surface area (Å²) in [4.78, 5) is 0. The summed E-state index contributed by atoms with van der Waals surface area (Å²) in [6.45, 7) is 6.61. The molecule has 0 aromatic carbocycles. The van der Waals surface area contributed by atoms with E-state index in [0.29, 0.717) is 6.04 Å². The Morgan fingerprint density at radius 1 is 1.17 bits per heavy atom. The molecule has 2 heteroatoms. The van der Waals surface area contributed by atoms with E-state index in [4.69, 9.17) is 0 Å². The minimum Gasteiger partial charge on any atom is -0.313 e. The van der Waals surface area contributed by atoms with E-state index in [1.807, 2.05) is 0 Å². The molecule has 12 heavy (non-hydrogen) atoms. The third-order valence-corrected chi connectivity index (χ3v) is 2.47. The maximum Gasteiger partial charge on any atom is 0.00794 e. The zero-order valence-electron chi connectivity index (χ0n) is 8.40. The SMILES string of the molecule is CC(C)NCCNC1CCCC1. The number of rotatable bonds is 5. The zero-order valence-corrected chi connectivity index (χ0v) is 8.40. The van der Waals surface area contributed by atoms with E-state index in [1.54, 1.807) is 0 Å². The van der Waals surface area contributed by atoms with Crippen LogP contribution in [0.3, 0.4) is 0 Å². The maximum atomic E-state index is 3.57. The predicted octanol–water partition coefficient (Wildman–Crippen LogP) is 1.52. The Labute approximate surface area is 76.1 Å². The van der Waals surface area contributed by atoms with Crippen molar-refractivity contribution < 1.29 is 0 Å². The molecule has 0 radical (unpaired) electrons. The van der Waals surface area contributed by atoms with Gasteiger partial charge in [0, 0.05) is 25.2 Å². The molecule has 0 saturated heterocycles. The van der Waals surface area contributed by atoms with Crippen LogP contribution < -0.4 is 10.6 Å². The lowest BCUT2D eigenvalue weighted by atomic mass is 10.2. The molecular weight excluding hydrogens is 148 g/mol. The lowest BCUT2D eigenvalue weighted by molar-refractivity contribution is 0.492. The highest BCUT2D eigenvalue weighted by Gasteiger charge is 2.12. The molecule has 2 N–H and O–H groups in total. The van der Waals surface area contributed by atoms with E-state index < -0.39 is 0 Å². The molecule has 0 amide bonds. The predicted molar refractivity (Wildman–Crippen MR) is 53.4 cm³/mol. The summed E-state index contributed by atoms with van der Waals surface area (Å²) in [6, 6.07) is 1.44. The van der Waals surface area contributed by atoms with Gasteiger partial charge in [-0.2, -0.15) is 0 Å². The Morgan fingerprint density at radius 3 is 2.42 bits per heavy atom. The Morgan fingerprint density at radius 2 is 1.83 bits per heavy atom. The summed E-state index contributed by atoms with van der Waals surface area (Å²) >= 11 is 0. The van der Waals surface area contributed by atoms with Crippen molar-refractivity contribution in [3.05, 3.63) is 0 Å². The van der Waals surface area contributed by atoms with Crippen LogP contribution in [0, 0.1) is 0 Å². The van der Waals surface area contributed by atoms with Crippen LogP contribution in [-0.4, -0.2) is 25.2 Å². The van der Waals surface area contributed by atoms with Crippen LogP contribution in [0.1, 0.15) is 39.5 Å². The monoisotopic (exact) mass is 170 g/mol. The van der Waals surface area contributed by atoms with Crippen molar-refractivity contribution in [1.82, 2.24) is 10.6 Å². The standard InChI is InChI=1S/C10H22N2/c1-9(2)11-7-8-12-10-5-3-4-6-10/h9-12H,3-8H2,1-2H3. The van der Waals surface area contributed by atoms with Crippen molar-refractivity contribution in [2.75, 3.05) is 13.1 Å².